The number of esters is 2. The summed E-state index contributed by atoms with van der Waals surface area (Å²) in [5.74, 6) is -5.14. The molecule has 1 aliphatic carbocycles. The van der Waals surface area contributed by atoms with Crippen LogP contribution < -0.4 is 0 Å². The van der Waals surface area contributed by atoms with Crippen LogP contribution in [-0.4, -0.2) is 30.4 Å². The topological polar surface area (TPSA) is 52.6 Å². The van der Waals surface area contributed by atoms with E-state index in [4.69, 9.17) is 0 Å². The molecule has 0 saturated heterocycles. The molecule has 0 saturated carbocycles. The fourth-order valence-electron chi connectivity index (χ4n) is 2.15. The van der Waals surface area contributed by atoms with E-state index in [0.29, 0.717) is 5.56 Å². The SMILES string of the molecule is O=C(OC1Cc2ccccc2C1OC(=O)C(F)(F)F)C(F)(F)F. The summed E-state index contributed by atoms with van der Waals surface area (Å²) in [4.78, 5) is 21.8. The zero-order valence-electron chi connectivity index (χ0n) is 11.1. The Hall–Kier alpha value is -2.26. The second-order valence-corrected chi connectivity index (χ2v) is 4.67. The first-order valence-corrected chi connectivity index (χ1v) is 6.13. The van der Waals surface area contributed by atoms with Crippen molar-refractivity contribution < 1.29 is 45.4 Å². The summed E-state index contributed by atoms with van der Waals surface area (Å²) < 4.78 is 82.0. The number of carbonyl (C=O) groups excluding carboxylic acids is 2. The average molecular weight is 342 g/mol. The molecular weight excluding hydrogens is 334 g/mol. The lowest BCUT2D eigenvalue weighted by molar-refractivity contribution is -0.220. The summed E-state index contributed by atoms with van der Waals surface area (Å²) >= 11 is 0. The zero-order chi connectivity index (χ0) is 17.4. The number of carbonyl (C=O) groups is 2. The van der Waals surface area contributed by atoms with E-state index in [2.05, 4.69) is 9.47 Å². The van der Waals surface area contributed by atoms with Gasteiger partial charge in [-0.3, -0.25) is 0 Å². The van der Waals surface area contributed by atoms with Crippen LogP contribution in [0.4, 0.5) is 26.3 Å². The number of hydrogen-bond donors (Lipinski definition) is 0. The van der Waals surface area contributed by atoms with Gasteiger partial charge in [-0.05, 0) is 11.1 Å². The first kappa shape index (κ1) is 17.1. The molecule has 2 rings (SSSR count). The Balaban J connectivity index is 2.25. The molecule has 126 valence electrons. The summed E-state index contributed by atoms with van der Waals surface area (Å²) in [5, 5.41) is 0. The van der Waals surface area contributed by atoms with Gasteiger partial charge in [-0.2, -0.15) is 26.3 Å². The molecule has 2 unspecified atom stereocenters. The molecule has 1 aromatic rings. The Kier molecular flexibility index (Phi) is 4.27. The first-order chi connectivity index (χ1) is 10.5. The lowest BCUT2D eigenvalue weighted by atomic mass is 10.1. The number of alkyl halides is 6. The van der Waals surface area contributed by atoms with Gasteiger partial charge < -0.3 is 9.47 Å². The van der Waals surface area contributed by atoms with Gasteiger partial charge in [0.2, 0.25) is 0 Å². The number of rotatable bonds is 2. The van der Waals surface area contributed by atoms with Gasteiger partial charge >= 0.3 is 24.3 Å². The van der Waals surface area contributed by atoms with Crippen molar-refractivity contribution >= 4 is 11.9 Å². The highest BCUT2D eigenvalue weighted by Crippen LogP contribution is 2.38. The van der Waals surface area contributed by atoms with Crippen molar-refractivity contribution in [1.82, 2.24) is 0 Å². The van der Waals surface area contributed by atoms with Gasteiger partial charge in [-0.1, -0.05) is 24.3 Å². The van der Waals surface area contributed by atoms with Crippen molar-refractivity contribution in [2.75, 3.05) is 0 Å². The average Bonchev–Trinajstić information content (AvgIpc) is 2.75. The maximum absolute atomic E-state index is 12.3. The fourth-order valence-corrected chi connectivity index (χ4v) is 2.15. The van der Waals surface area contributed by atoms with E-state index in [1.165, 1.54) is 24.3 Å². The molecular formula is C13H8F6O4. The number of halogens is 6. The molecule has 0 bridgehead atoms. The Labute approximate surface area is 125 Å². The van der Waals surface area contributed by atoms with Crippen molar-refractivity contribution in [3.63, 3.8) is 0 Å². The van der Waals surface area contributed by atoms with Crippen LogP contribution in [0.1, 0.15) is 17.2 Å². The molecule has 23 heavy (non-hydrogen) atoms. The van der Waals surface area contributed by atoms with E-state index in [9.17, 15) is 35.9 Å². The largest absolute Gasteiger partial charge is 0.490 e. The van der Waals surface area contributed by atoms with Crippen LogP contribution in [0.5, 0.6) is 0 Å². The highest BCUT2D eigenvalue weighted by Gasteiger charge is 2.49. The summed E-state index contributed by atoms with van der Waals surface area (Å²) in [5.41, 5.74) is 0.387. The summed E-state index contributed by atoms with van der Waals surface area (Å²) in [7, 11) is 0. The minimum atomic E-state index is -5.32. The van der Waals surface area contributed by atoms with Crippen molar-refractivity contribution in [3.8, 4) is 0 Å². The molecule has 0 aliphatic heterocycles. The van der Waals surface area contributed by atoms with Crippen LogP contribution in [-0.2, 0) is 25.5 Å². The van der Waals surface area contributed by atoms with Crippen molar-refractivity contribution in [2.45, 2.75) is 31.0 Å². The van der Waals surface area contributed by atoms with Gasteiger partial charge in [0, 0.05) is 6.42 Å². The summed E-state index contributed by atoms with van der Waals surface area (Å²) in [6.07, 6.45) is -14.4. The van der Waals surface area contributed by atoms with E-state index in [1.54, 1.807) is 0 Å². The fraction of sp³-hybridized carbons (Fsp3) is 0.385. The predicted octanol–water partition coefficient (Wildman–Crippen LogP) is 2.86. The molecule has 0 heterocycles. The molecule has 10 heteroatoms. The van der Waals surface area contributed by atoms with E-state index in [-0.39, 0.29) is 12.0 Å². The Morgan fingerprint density at radius 1 is 0.913 bits per heavy atom. The molecule has 1 aliphatic rings. The van der Waals surface area contributed by atoms with Crippen LogP contribution in [0.15, 0.2) is 24.3 Å². The van der Waals surface area contributed by atoms with Crippen LogP contribution in [0.2, 0.25) is 0 Å². The minimum absolute atomic E-state index is 0.0603. The van der Waals surface area contributed by atoms with Crippen LogP contribution >= 0.6 is 0 Å². The number of fused-ring (bicyclic) bond motifs is 1. The van der Waals surface area contributed by atoms with Gasteiger partial charge in [0.05, 0.1) is 0 Å². The van der Waals surface area contributed by atoms with Crippen LogP contribution in [0.3, 0.4) is 0 Å². The highest BCUT2D eigenvalue weighted by molar-refractivity contribution is 5.77. The number of ether oxygens (including phenoxy) is 2. The molecule has 0 N–H and O–H groups in total. The van der Waals surface area contributed by atoms with Gasteiger partial charge in [-0.25, -0.2) is 9.59 Å². The lowest BCUT2D eigenvalue weighted by Crippen LogP contribution is -2.35. The molecule has 0 amide bonds. The van der Waals surface area contributed by atoms with Gasteiger partial charge in [0.15, 0.2) is 6.10 Å². The second-order valence-electron chi connectivity index (χ2n) is 4.67. The van der Waals surface area contributed by atoms with Gasteiger partial charge in [0.1, 0.15) is 6.10 Å². The molecule has 1 aromatic carbocycles. The molecule has 2 atom stereocenters. The molecule has 0 radical (unpaired) electrons. The molecule has 0 aromatic heterocycles. The molecule has 4 nitrogen and oxygen atoms in total. The normalized spacial score (nSPS) is 20.8. The van der Waals surface area contributed by atoms with Crippen molar-refractivity contribution in [3.05, 3.63) is 35.4 Å². The zero-order valence-corrected chi connectivity index (χ0v) is 11.1. The maximum atomic E-state index is 12.3. The van der Waals surface area contributed by atoms with Crippen LogP contribution in [0, 0.1) is 0 Å². The number of benzene rings is 1. The third-order valence-corrected chi connectivity index (χ3v) is 3.08. The maximum Gasteiger partial charge on any atom is 0.490 e. The van der Waals surface area contributed by atoms with Gasteiger partial charge in [0.25, 0.3) is 0 Å². The van der Waals surface area contributed by atoms with E-state index < -0.39 is 36.5 Å². The lowest BCUT2D eigenvalue weighted by Gasteiger charge is -2.22. The smallest absolute Gasteiger partial charge is 0.451 e. The predicted molar refractivity (Wildman–Crippen MR) is 61.0 cm³/mol. The number of hydrogen-bond acceptors (Lipinski definition) is 4. The molecule has 0 spiro atoms. The summed E-state index contributed by atoms with van der Waals surface area (Å²) in [6, 6.07) is 5.60. The minimum Gasteiger partial charge on any atom is -0.451 e. The first-order valence-electron chi connectivity index (χ1n) is 6.13. The Morgan fingerprint density at radius 2 is 1.43 bits per heavy atom. The van der Waals surface area contributed by atoms with E-state index in [1.807, 2.05) is 0 Å². The van der Waals surface area contributed by atoms with Crippen molar-refractivity contribution in [2.24, 2.45) is 0 Å². The highest BCUT2D eigenvalue weighted by atomic mass is 19.4. The third-order valence-electron chi connectivity index (χ3n) is 3.08. The second kappa shape index (κ2) is 5.74. The Bertz CT molecular complexity index is 622. The van der Waals surface area contributed by atoms with E-state index in [0.717, 1.165) is 0 Å². The van der Waals surface area contributed by atoms with Gasteiger partial charge in [-0.15, -0.1) is 0 Å². The van der Waals surface area contributed by atoms with E-state index >= 15 is 0 Å². The van der Waals surface area contributed by atoms with Crippen molar-refractivity contribution in [1.29, 1.82) is 0 Å². The monoisotopic (exact) mass is 342 g/mol. The third kappa shape index (κ3) is 3.74. The standard InChI is InChI=1S/C13H8F6O4/c14-12(15,16)10(20)22-8-5-6-3-1-2-4-7(6)9(8)23-11(21)13(17,18)19/h1-4,8-9H,5H2. The molecule has 0 fully saturated rings. The van der Waals surface area contributed by atoms with Crippen LogP contribution in [0.25, 0.3) is 0 Å². The quantitative estimate of drug-likeness (QED) is 0.613. The Morgan fingerprint density at radius 3 is 2.00 bits per heavy atom. The summed E-state index contributed by atoms with van der Waals surface area (Å²) in [6.45, 7) is 0.